The van der Waals surface area contributed by atoms with Crippen molar-refractivity contribution in [2.75, 3.05) is 0 Å². The molecule has 1 saturated carbocycles. The van der Waals surface area contributed by atoms with Crippen molar-refractivity contribution >= 4 is 6.29 Å². The standard InChI is InChI=1S/C14H24O/c1-11(10-15)7-8-13-12(2)6-5-9-14(13,3)4/h7,10,12-13H,5-6,8-9H2,1-4H3/b11-7+/t12?,13-/m0/s1. The first-order valence-electron chi connectivity index (χ1n) is 6.09. The number of aldehydes is 1. The second-order valence-corrected chi connectivity index (χ2v) is 5.77. The van der Waals surface area contributed by atoms with Gasteiger partial charge in [0.25, 0.3) is 0 Å². The van der Waals surface area contributed by atoms with E-state index in [1.165, 1.54) is 19.3 Å². The van der Waals surface area contributed by atoms with Crippen molar-refractivity contribution in [2.45, 2.75) is 53.4 Å². The van der Waals surface area contributed by atoms with E-state index in [1.54, 1.807) is 0 Å². The lowest BCUT2D eigenvalue weighted by atomic mass is 9.63. The third kappa shape index (κ3) is 3.19. The average molecular weight is 208 g/mol. The minimum absolute atomic E-state index is 0.442. The topological polar surface area (TPSA) is 17.1 Å². The molecule has 0 aromatic carbocycles. The Hall–Kier alpha value is -0.590. The van der Waals surface area contributed by atoms with Gasteiger partial charge in [-0.25, -0.2) is 0 Å². The second kappa shape index (κ2) is 4.96. The van der Waals surface area contributed by atoms with E-state index in [-0.39, 0.29) is 0 Å². The molecule has 0 spiro atoms. The van der Waals surface area contributed by atoms with Crippen LogP contribution in [0, 0.1) is 17.3 Å². The predicted molar refractivity (Wildman–Crippen MR) is 64.7 cm³/mol. The Morgan fingerprint density at radius 3 is 2.67 bits per heavy atom. The molecule has 1 rings (SSSR count). The first-order chi connectivity index (χ1) is 6.97. The van der Waals surface area contributed by atoms with E-state index in [0.717, 1.165) is 30.1 Å². The van der Waals surface area contributed by atoms with E-state index >= 15 is 0 Å². The summed E-state index contributed by atoms with van der Waals surface area (Å²) in [4.78, 5) is 10.6. The summed E-state index contributed by atoms with van der Waals surface area (Å²) in [5, 5.41) is 0. The average Bonchev–Trinajstić information content (AvgIpc) is 2.15. The van der Waals surface area contributed by atoms with Gasteiger partial charge in [0.05, 0.1) is 0 Å². The van der Waals surface area contributed by atoms with Gasteiger partial charge in [0.2, 0.25) is 0 Å². The molecular formula is C14H24O. The molecule has 0 heterocycles. The Morgan fingerprint density at radius 1 is 1.47 bits per heavy atom. The van der Waals surface area contributed by atoms with Crippen LogP contribution >= 0.6 is 0 Å². The minimum atomic E-state index is 0.442. The Bertz CT molecular complexity index is 250. The van der Waals surface area contributed by atoms with E-state index in [1.807, 2.05) is 6.92 Å². The van der Waals surface area contributed by atoms with Gasteiger partial charge in [0.1, 0.15) is 6.29 Å². The van der Waals surface area contributed by atoms with Gasteiger partial charge in [-0.15, -0.1) is 0 Å². The van der Waals surface area contributed by atoms with Gasteiger partial charge in [-0.05, 0) is 42.6 Å². The van der Waals surface area contributed by atoms with Crippen LogP contribution in [-0.2, 0) is 4.79 Å². The maximum atomic E-state index is 10.6. The van der Waals surface area contributed by atoms with Crippen molar-refractivity contribution < 1.29 is 4.79 Å². The van der Waals surface area contributed by atoms with Crippen LogP contribution in [0.4, 0.5) is 0 Å². The van der Waals surface area contributed by atoms with Crippen LogP contribution in [0.5, 0.6) is 0 Å². The third-order valence-electron chi connectivity index (χ3n) is 4.05. The first kappa shape index (κ1) is 12.5. The lowest BCUT2D eigenvalue weighted by Gasteiger charge is -2.42. The van der Waals surface area contributed by atoms with Crippen molar-refractivity contribution in [2.24, 2.45) is 17.3 Å². The Morgan fingerprint density at radius 2 is 2.13 bits per heavy atom. The Kier molecular flexibility index (Phi) is 4.12. The number of carbonyl (C=O) groups excluding carboxylic acids is 1. The van der Waals surface area contributed by atoms with E-state index < -0.39 is 0 Å². The van der Waals surface area contributed by atoms with Gasteiger partial charge in [-0.1, -0.05) is 39.7 Å². The SMILES string of the molecule is C/C(C=O)=C\C[C@H]1C(C)CCCC1(C)C. The second-order valence-electron chi connectivity index (χ2n) is 5.77. The van der Waals surface area contributed by atoms with Gasteiger partial charge >= 0.3 is 0 Å². The quantitative estimate of drug-likeness (QED) is 0.506. The first-order valence-corrected chi connectivity index (χ1v) is 6.09. The summed E-state index contributed by atoms with van der Waals surface area (Å²) in [5.41, 5.74) is 1.32. The van der Waals surface area contributed by atoms with Crippen molar-refractivity contribution in [1.29, 1.82) is 0 Å². The van der Waals surface area contributed by atoms with Crippen LogP contribution in [0.1, 0.15) is 53.4 Å². The van der Waals surface area contributed by atoms with Gasteiger partial charge in [0, 0.05) is 0 Å². The molecule has 0 aromatic rings. The highest BCUT2D eigenvalue weighted by molar-refractivity contribution is 5.71. The van der Waals surface area contributed by atoms with Crippen LogP contribution in [-0.4, -0.2) is 6.29 Å². The molecule has 0 bridgehead atoms. The maximum absolute atomic E-state index is 10.6. The molecule has 0 aliphatic heterocycles. The molecule has 1 nitrogen and oxygen atoms in total. The summed E-state index contributed by atoms with van der Waals surface area (Å²) >= 11 is 0. The molecule has 1 aliphatic rings. The summed E-state index contributed by atoms with van der Waals surface area (Å²) in [6.45, 7) is 9.00. The zero-order valence-electron chi connectivity index (χ0n) is 10.5. The summed E-state index contributed by atoms with van der Waals surface area (Å²) < 4.78 is 0. The van der Waals surface area contributed by atoms with Crippen molar-refractivity contribution in [3.8, 4) is 0 Å². The molecule has 86 valence electrons. The van der Waals surface area contributed by atoms with Crippen molar-refractivity contribution in [3.05, 3.63) is 11.6 Å². The van der Waals surface area contributed by atoms with Gasteiger partial charge in [0.15, 0.2) is 0 Å². The lowest BCUT2D eigenvalue weighted by Crippen LogP contribution is -2.33. The number of allylic oxidation sites excluding steroid dienone is 2. The summed E-state index contributed by atoms with van der Waals surface area (Å²) in [5.74, 6) is 1.53. The molecule has 2 atom stereocenters. The molecule has 0 radical (unpaired) electrons. The van der Waals surface area contributed by atoms with E-state index in [2.05, 4.69) is 26.8 Å². The maximum Gasteiger partial charge on any atom is 0.145 e. The molecule has 1 unspecified atom stereocenters. The van der Waals surface area contributed by atoms with Crippen LogP contribution in [0.2, 0.25) is 0 Å². The van der Waals surface area contributed by atoms with Gasteiger partial charge in [-0.3, -0.25) is 4.79 Å². The molecule has 15 heavy (non-hydrogen) atoms. The zero-order chi connectivity index (χ0) is 11.5. The summed E-state index contributed by atoms with van der Waals surface area (Å²) in [6, 6.07) is 0. The van der Waals surface area contributed by atoms with Crippen molar-refractivity contribution in [3.63, 3.8) is 0 Å². The van der Waals surface area contributed by atoms with E-state index in [4.69, 9.17) is 0 Å². The van der Waals surface area contributed by atoms with Crippen LogP contribution in [0.15, 0.2) is 11.6 Å². The fourth-order valence-corrected chi connectivity index (χ4v) is 2.95. The van der Waals surface area contributed by atoms with E-state index in [9.17, 15) is 4.79 Å². The fourth-order valence-electron chi connectivity index (χ4n) is 2.95. The largest absolute Gasteiger partial charge is 0.298 e. The molecule has 1 aliphatic carbocycles. The van der Waals surface area contributed by atoms with E-state index in [0.29, 0.717) is 5.41 Å². The van der Waals surface area contributed by atoms with Crippen LogP contribution < -0.4 is 0 Å². The Balaban J connectivity index is 2.67. The molecule has 1 fully saturated rings. The molecule has 0 aromatic heterocycles. The highest BCUT2D eigenvalue weighted by Gasteiger charge is 2.35. The van der Waals surface area contributed by atoms with Crippen LogP contribution in [0.25, 0.3) is 0 Å². The molecular weight excluding hydrogens is 184 g/mol. The summed E-state index contributed by atoms with van der Waals surface area (Å²) in [7, 11) is 0. The molecule has 0 saturated heterocycles. The number of hydrogen-bond donors (Lipinski definition) is 0. The lowest BCUT2D eigenvalue weighted by molar-refractivity contribution is -0.104. The fraction of sp³-hybridized carbons (Fsp3) is 0.786. The van der Waals surface area contributed by atoms with Gasteiger partial charge in [-0.2, -0.15) is 0 Å². The normalized spacial score (nSPS) is 31.3. The van der Waals surface area contributed by atoms with Gasteiger partial charge < -0.3 is 0 Å². The molecule has 0 amide bonds. The number of carbonyl (C=O) groups is 1. The zero-order valence-corrected chi connectivity index (χ0v) is 10.5. The third-order valence-corrected chi connectivity index (χ3v) is 4.05. The minimum Gasteiger partial charge on any atom is -0.298 e. The molecule has 1 heteroatoms. The monoisotopic (exact) mass is 208 g/mol. The predicted octanol–water partition coefficient (Wildman–Crippen LogP) is 3.98. The Labute approximate surface area is 93.9 Å². The van der Waals surface area contributed by atoms with Crippen LogP contribution in [0.3, 0.4) is 0 Å². The smallest absolute Gasteiger partial charge is 0.145 e. The number of hydrogen-bond acceptors (Lipinski definition) is 1. The molecule has 0 N–H and O–H groups in total. The summed E-state index contributed by atoms with van der Waals surface area (Å²) in [6.07, 6.45) is 8.18. The highest BCUT2D eigenvalue weighted by atomic mass is 16.1. The van der Waals surface area contributed by atoms with Crippen molar-refractivity contribution in [1.82, 2.24) is 0 Å². The highest BCUT2D eigenvalue weighted by Crippen LogP contribution is 2.45. The number of rotatable bonds is 3.